The molecular formula is C18H31N5O3. The molecule has 0 aromatic carbocycles. The van der Waals surface area contributed by atoms with Crippen LogP contribution in [0.2, 0.25) is 0 Å². The van der Waals surface area contributed by atoms with Gasteiger partial charge in [-0.3, -0.25) is 19.9 Å². The predicted octanol–water partition coefficient (Wildman–Crippen LogP) is -0.977. The zero-order valence-electron chi connectivity index (χ0n) is 15.7. The molecule has 4 unspecified atom stereocenters. The molecule has 3 saturated heterocycles. The Morgan fingerprint density at radius 2 is 2.04 bits per heavy atom. The first kappa shape index (κ1) is 18.2. The van der Waals surface area contributed by atoms with Crippen LogP contribution in [0.4, 0.5) is 0 Å². The van der Waals surface area contributed by atoms with E-state index >= 15 is 0 Å². The van der Waals surface area contributed by atoms with Crippen molar-refractivity contribution in [2.24, 2.45) is 5.92 Å². The molecule has 2 N–H and O–H groups in total. The molecule has 0 aromatic rings. The van der Waals surface area contributed by atoms with Crippen LogP contribution >= 0.6 is 0 Å². The number of amides is 2. The van der Waals surface area contributed by atoms with Crippen LogP contribution in [0.25, 0.3) is 0 Å². The fourth-order valence-corrected chi connectivity index (χ4v) is 4.98. The first-order valence-corrected chi connectivity index (χ1v) is 10.0. The number of hydrogen-bond acceptors (Lipinski definition) is 6. The second-order valence-electron chi connectivity index (χ2n) is 7.96. The lowest BCUT2D eigenvalue weighted by molar-refractivity contribution is -0.153. The smallest absolute Gasteiger partial charge is 0.241 e. The van der Waals surface area contributed by atoms with Gasteiger partial charge in [0.1, 0.15) is 6.04 Å². The van der Waals surface area contributed by atoms with Crippen LogP contribution in [-0.2, 0) is 14.3 Å². The number of nitrogens with zero attached hydrogens (tertiary/aromatic N) is 3. The maximum atomic E-state index is 12.6. The molecule has 1 saturated carbocycles. The fourth-order valence-electron chi connectivity index (χ4n) is 4.98. The van der Waals surface area contributed by atoms with Crippen LogP contribution in [0.15, 0.2) is 0 Å². The Morgan fingerprint density at radius 3 is 2.85 bits per heavy atom. The summed E-state index contributed by atoms with van der Waals surface area (Å²) in [5, 5.41) is 5.29. The molecule has 146 valence electrons. The molecule has 4 rings (SSSR count). The first-order chi connectivity index (χ1) is 12.6. The molecule has 3 heterocycles. The van der Waals surface area contributed by atoms with Gasteiger partial charge < -0.3 is 15.0 Å². The van der Waals surface area contributed by atoms with Gasteiger partial charge in [-0.25, -0.2) is 5.01 Å². The Labute approximate surface area is 155 Å². The van der Waals surface area contributed by atoms with E-state index in [4.69, 9.17) is 4.74 Å². The highest BCUT2D eigenvalue weighted by Gasteiger charge is 2.50. The second-order valence-corrected chi connectivity index (χ2v) is 7.96. The lowest BCUT2D eigenvalue weighted by Gasteiger charge is -2.50. The minimum absolute atomic E-state index is 0.00958. The van der Waals surface area contributed by atoms with Gasteiger partial charge in [0.25, 0.3) is 0 Å². The summed E-state index contributed by atoms with van der Waals surface area (Å²) in [6.45, 7) is 5.90. The Bertz CT molecular complexity index is 539. The number of fused-ring (bicyclic) bond motifs is 3. The SMILES string of the molecule is CN1C(=O)C2CCNN2C2CCC(C(=O)NCCN3CCOCC3)CC21. The highest BCUT2D eigenvalue weighted by atomic mass is 16.5. The maximum absolute atomic E-state index is 12.6. The molecule has 0 aromatic heterocycles. The van der Waals surface area contributed by atoms with Gasteiger partial charge in [-0.2, -0.15) is 0 Å². The van der Waals surface area contributed by atoms with Gasteiger partial charge in [0.15, 0.2) is 0 Å². The summed E-state index contributed by atoms with van der Waals surface area (Å²) in [5.74, 6) is 0.356. The molecule has 0 radical (unpaired) electrons. The molecule has 8 nitrogen and oxygen atoms in total. The van der Waals surface area contributed by atoms with Crippen LogP contribution in [0.3, 0.4) is 0 Å². The lowest BCUT2D eigenvalue weighted by atomic mass is 9.79. The normalized spacial score (nSPS) is 35.9. The van der Waals surface area contributed by atoms with Gasteiger partial charge in [-0.15, -0.1) is 0 Å². The van der Waals surface area contributed by atoms with Gasteiger partial charge in [-0.05, 0) is 25.7 Å². The van der Waals surface area contributed by atoms with E-state index in [1.165, 1.54) is 0 Å². The molecule has 0 spiro atoms. The van der Waals surface area contributed by atoms with E-state index in [0.717, 1.165) is 65.1 Å². The second kappa shape index (κ2) is 7.80. The van der Waals surface area contributed by atoms with Crippen LogP contribution in [-0.4, -0.2) is 97.7 Å². The molecule has 1 aliphatic carbocycles. The highest BCUT2D eigenvalue weighted by Crippen LogP contribution is 2.36. The first-order valence-electron chi connectivity index (χ1n) is 10.0. The van der Waals surface area contributed by atoms with Crippen molar-refractivity contribution in [3.8, 4) is 0 Å². The summed E-state index contributed by atoms with van der Waals surface area (Å²) < 4.78 is 5.35. The number of morpholine rings is 1. The van der Waals surface area contributed by atoms with Crippen molar-refractivity contribution in [1.29, 1.82) is 0 Å². The average molecular weight is 365 g/mol. The van der Waals surface area contributed by atoms with E-state index in [1.807, 2.05) is 11.9 Å². The van der Waals surface area contributed by atoms with E-state index in [-0.39, 0.29) is 29.8 Å². The van der Waals surface area contributed by atoms with E-state index in [2.05, 4.69) is 20.7 Å². The topological polar surface area (TPSA) is 77.2 Å². The van der Waals surface area contributed by atoms with Crippen molar-refractivity contribution in [2.75, 3.05) is 53.0 Å². The van der Waals surface area contributed by atoms with Crippen molar-refractivity contribution in [3.05, 3.63) is 0 Å². The third-order valence-corrected chi connectivity index (χ3v) is 6.52. The summed E-state index contributed by atoms with van der Waals surface area (Å²) in [6.07, 6.45) is 3.52. The van der Waals surface area contributed by atoms with E-state index in [1.54, 1.807) is 0 Å². The van der Waals surface area contributed by atoms with Gasteiger partial charge in [0.2, 0.25) is 11.8 Å². The van der Waals surface area contributed by atoms with Crippen molar-refractivity contribution < 1.29 is 14.3 Å². The van der Waals surface area contributed by atoms with Crippen LogP contribution in [0.1, 0.15) is 25.7 Å². The number of nitrogens with one attached hydrogen (secondary N) is 2. The molecule has 4 atom stereocenters. The summed E-state index contributed by atoms with van der Waals surface area (Å²) in [4.78, 5) is 29.5. The summed E-state index contributed by atoms with van der Waals surface area (Å²) in [7, 11) is 1.91. The van der Waals surface area contributed by atoms with Crippen molar-refractivity contribution in [1.82, 2.24) is 25.6 Å². The number of hydrazine groups is 1. The number of likely N-dealkylation sites (N-methyl/N-ethyl adjacent to an activating group) is 1. The third-order valence-electron chi connectivity index (χ3n) is 6.52. The minimum atomic E-state index is -0.0138. The number of carbonyl (C=O) groups is 2. The predicted molar refractivity (Wildman–Crippen MR) is 96.2 cm³/mol. The Balaban J connectivity index is 1.29. The Kier molecular flexibility index (Phi) is 5.45. The summed E-state index contributed by atoms with van der Waals surface area (Å²) in [6, 6.07) is 0.454. The van der Waals surface area contributed by atoms with E-state index in [0.29, 0.717) is 12.6 Å². The van der Waals surface area contributed by atoms with Crippen LogP contribution in [0.5, 0.6) is 0 Å². The van der Waals surface area contributed by atoms with Crippen LogP contribution < -0.4 is 10.7 Å². The van der Waals surface area contributed by atoms with Crippen molar-refractivity contribution in [2.45, 2.75) is 43.8 Å². The molecule has 2 amide bonds. The number of hydrogen-bond donors (Lipinski definition) is 2. The average Bonchev–Trinajstić information content (AvgIpc) is 3.16. The van der Waals surface area contributed by atoms with Crippen molar-refractivity contribution in [3.63, 3.8) is 0 Å². The third kappa shape index (κ3) is 3.47. The number of piperazine rings is 1. The molecule has 4 aliphatic rings. The molecule has 3 aliphatic heterocycles. The van der Waals surface area contributed by atoms with E-state index < -0.39 is 0 Å². The quantitative estimate of drug-likeness (QED) is 0.667. The minimum Gasteiger partial charge on any atom is -0.379 e. The van der Waals surface area contributed by atoms with Crippen LogP contribution in [0, 0.1) is 5.92 Å². The van der Waals surface area contributed by atoms with E-state index in [9.17, 15) is 9.59 Å². The zero-order valence-corrected chi connectivity index (χ0v) is 15.7. The number of rotatable bonds is 4. The lowest BCUT2D eigenvalue weighted by Crippen LogP contribution is -2.67. The number of carbonyl (C=O) groups excluding carboxylic acids is 2. The maximum Gasteiger partial charge on any atom is 0.241 e. The van der Waals surface area contributed by atoms with Crippen molar-refractivity contribution >= 4 is 11.8 Å². The standard InChI is InChI=1S/C18H31N5O3/c1-21-16-12-13(17(24)19-6-7-22-8-10-26-11-9-22)2-3-14(16)23-15(18(21)25)4-5-20-23/h13-16,20H,2-12H2,1H3,(H,19,24). The van der Waals surface area contributed by atoms with Gasteiger partial charge in [0, 0.05) is 57.8 Å². The summed E-state index contributed by atoms with van der Waals surface area (Å²) >= 11 is 0. The van der Waals surface area contributed by atoms with Gasteiger partial charge in [0.05, 0.1) is 13.2 Å². The van der Waals surface area contributed by atoms with Gasteiger partial charge >= 0.3 is 0 Å². The fraction of sp³-hybridized carbons (Fsp3) is 0.889. The molecular weight excluding hydrogens is 334 g/mol. The highest BCUT2D eigenvalue weighted by molar-refractivity contribution is 5.84. The summed E-state index contributed by atoms with van der Waals surface area (Å²) in [5.41, 5.74) is 3.39. The Hall–Kier alpha value is -1.22. The number of ether oxygens (including phenoxy) is 1. The van der Waals surface area contributed by atoms with Gasteiger partial charge in [-0.1, -0.05) is 0 Å². The molecule has 4 fully saturated rings. The molecule has 26 heavy (non-hydrogen) atoms. The zero-order chi connectivity index (χ0) is 18.1. The monoisotopic (exact) mass is 365 g/mol. The molecule has 0 bridgehead atoms. The largest absolute Gasteiger partial charge is 0.379 e. The molecule has 8 heteroatoms. The Morgan fingerprint density at radius 1 is 1.23 bits per heavy atom.